The maximum atomic E-state index is 10.2. The highest BCUT2D eigenvalue weighted by atomic mass is 16.3. The number of unbranched alkanes of at least 4 members (excludes halogenated alkanes) is 1. The van der Waals surface area contributed by atoms with E-state index in [9.17, 15) is 5.11 Å². The van der Waals surface area contributed by atoms with Crippen LogP contribution in [-0.4, -0.2) is 10.7 Å². The third kappa shape index (κ3) is 1.83. The van der Waals surface area contributed by atoms with Gasteiger partial charge in [0.25, 0.3) is 0 Å². The first kappa shape index (κ1) is 9.72. The largest absolute Gasteiger partial charge is 0.389 e. The Morgan fingerprint density at radius 1 is 1.36 bits per heavy atom. The molecule has 1 aliphatic rings. The normalized spacial score (nSPS) is 30.3. The fourth-order valence-electron chi connectivity index (χ4n) is 2.17. The second-order valence-corrected chi connectivity index (χ2v) is 4.37. The van der Waals surface area contributed by atoms with Gasteiger partial charge in [-0.1, -0.05) is 50.1 Å². The summed E-state index contributed by atoms with van der Waals surface area (Å²) >= 11 is 0. The van der Waals surface area contributed by atoms with Crippen molar-refractivity contribution < 1.29 is 5.11 Å². The summed E-state index contributed by atoms with van der Waals surface area (Å²) in [5, 5.41) is 10.2. The Hall–Kier alpha value is -0.820. The molecular formula is C13H18O. The van der Waals surface area contributed by atoms with Gasteiger partial charge in [-0.3, -0.25) is 0 Å². The fourth-order valence-corrected chi connectivity index (χ4v) is 2.17. The van der Waals surface area contributed by atoms with Gasteiger partial charge in [-0.05, 0) is 18.4 Å². The van der Waals surface area contributed by atoms with Gasteiger partial charge in [-0.25, -0.2) is 0 Å². The summed E-state index contributed by atoms with van der Waals surface area (Å²) in [5.74, 6) is 0.398. The van der Waals surface area contributed by atoms with Crippen LogP contribution in [0.5, 0.6) is 0 Å². The van der Waals surface area contributed by atoms with E-state index in [0.29, 0.717) is 5.92 Å². The van der Waals surface area contributed by atoms with Crippen LogP contribution in [0.25, 0.3) is 0 Å². The van der Waals surface area contributed by atoms with Crippen LogP contribution in [0.15, 0.2) is 30.3 Å². The SMILES string of the molecule is CCCC[C@@]1(O)C[C@H]1c1ccccc1. The molecule has 2 rings (SSSR count). The third-order valence-corrected chi connectivity index (χ3v) is 3.21. The Bertz CT molecular complexity index is 293. The van der Waals surface area contributed by atoms with Crippen LogP contribution in [-0.2, 0) is 0 Å². The van der Waals surface area contributed by atoms with Gasteiger partial charge < -0.3 is 5.11 Å². The number of rotatable bonds is 4. The molecule has 0 spiro atoms. The van der Waals surface area contributed by atoms with E-state index in [1.807, 2.05) is 18.2 Å². The molecule has 0 radical (unpaired) electrons. The van der Waals surface area contributed by atoms with Crippen molar-refractivity contribution in [2.24, 2.45) is 0 Å². The van der Waals surface area contributed by atoms with E-state index in [1.54, 1.807) is 0 Å². The van der Waals surface area contributed by atoms with Crippen LogP contribution in [0.4, 0.5) is 0 Å². The lowest BCUT2D eigenvalue weighted by Gasteiger charge is -2.09. The Labute approximate surface area is 85.8 Å². The lowest BCUT2D eigenvalue weighted by Crippen LogP contribution is -2.09. The molecule has 1 heteroatoms. The van der Waals surface area contributed by atoms with Crippen molar-refractivity contribution in [2.75, 3.05) is 0 Å². The first-order chi connectivity index (χ1) is 6.76. The molecule has 1 saturated carbocycles. The molecule has 1 fully saturated rings. The Morgan fingerprint density at radius 3 is 2.71 bits per heavy atom. The highest BCUT2D eigenvalue weighted by Gasteiger charge is 2.52. The average Bonchev–Trinajstić information content (AvgIpc) is 2.90. The van der Waals surface area contributed by atoms with Crippen molar-refractivity contribution in [2.45, 2.75) is 44.1 Å². The molecule has 0 amide bonds. The maximum Gasteiger partial charge on any atom is 0.0724 e. The highest BCUT2D eigenvalue weighted by Crippen LogP contribution is 2.54. The summed E-state index contributed by atoms with van der Waals surface area (Å²) in [6.07, 6.45) is 4.23. The highest BCUT2D eigenvalue weighted by molar-refractivity contribution is 5.30. The Morgan fingerprint density at radius 2 is 2.07 bits per heavy atom. The average molecular weight is 190 g/mol. The molecule has 1 nitrogen and oxygen atoms in total. The molecule has 0 saturated heterocycles. The Balaban J connectivity index is 1.98. The van der Waals surface area contributed by atoms with Crippen LogP contribution >= 0.6 is 0 Å². The first-order valence-corrected chi connectivity index (χ1v) is 5.53. The van der Waals surface area contributed by atoms with Crippen molar-refractivity contribution in [3.63, 3.8) is 0 Å². The van der Waals surface area contributed by atoms with E-state index in [1.165, 1.54) is 12.0 Å². The smallest absolute Gasteiger partial charge is 0.0724 e. The zero-order valence-electron chi connectivity index (χ0n) is 8.74. The van der Waals surface area contributed by atoms with Crippen LogP contribution in [0, 0.1) is 0 Å². The number of benzene rings is 1. The van der Waals surface area contributed by atoms with E-state index in [0.717, 1.165) is 19.3 Å². The predicted octanol–water partition coefficient (Wildman–Crippen LogP) is 3.10. The van der Waals surface area contributed by atoms with E-state index >= 15 is 0 Å². The molecule has 14 heavy (non-hydrogen) atoms. The summed E-state index contributed by atoms with van der Waals surface area (Å²) in [6.45, 7) is 2.17. The zero-order chi connectivity index (χ0) is 10.0. The molecule has 1 aromatic rings. The minimum Gasteiger partial charge on any atom is -0.389 e. The number of aliphatic hydroxyl groups is 1. The lowest BCUT2D eigenvalue weighted by atomic mass is 10.0. The van der Waals surface area contributed by atoms with Gasteiger partial charge in [-0.15, -0.1) is 0 Å². The topological polar surface area (TPSA) is 20.2 Å². The van der Waals surface area contributed by atoms with Crippen molar-refractivity contribution in [3.8, 4) is 0 Å². The number of hydrogen-bond donors (Lipinski definition) is 1. The lowest BCUT2D eigenvalue weighted by molar-refractivity contribution is 0.130. The molecule has 0 bridgehead atoms. The van der Waals surface area contributed by atoms with E-state index < -0.39 is 0 Å². The third-order valence-electron chi connectivity index (χ3n) is 3.21. The van der Waals surface area contributed by atoms with Gasteiger partial charge in [0.05, 0.1) is 5.60 Å². The molecule has 1 aliphatic carbocycles. The van der Waals surface area contributed by atoms with Crippen LogP contribution in [0.1, 0.15) is 44.1 Å². The first-order valence-electron chi connectivity index (χ1n) is 5.53. The predicted molar refractivity (Wildman–Crippen MR) is 58.3 cm³/mol. The minimum atomic E-state index is -0.378. The van der Waals surface area contributed by atoms with E-state index in [4.69, 9.17) is 0 Å². The van der Waals surface area contributed by atoms with Gasteiger partial charge in [0, 0.05) is 5.92 Å². The molecule has 76 valence electrons. The standard InChI is InChI=1S/C13H18O/c1-2-3-9-13(14)10-12(13)11-7-5-4-6-8-11/h4-8,12,14H,2-3,9-10H2,1H3/t12-,13+/m0/s1. The maximum absolute atomic E-state index is 10.2. The van der Waals surface area contributed by atoms with Crippen molar-refractivity contribution in [1.82, 2.24) is 0 Å². The molecule has 0 heterocycles. The second-order valence-electron chi connectivity index (χ2n) is 4.37. The molecular weight excluding hydrogens is 172 g/mol. The Kier molecular flexibility index (Phi) is 2.60. The van der Waals surface area contributed by atoms with Crippen LogP contribution in [0.3, 0.4) is 0 Å². The van der Waals surface area contributed by atoms with Crippen LogP contribution < -0.4 is 0 Å². The van der Waals surface area contributed by atoms with Crippen LogP contribution in [0.2, 0.25) is 0 Å². The van der Waals surface area contributed by atoms with Crippen molar-refractivity contribution >= 4 is 0 Å². The molecule has 1 N–H and O–H groups in total. The van der Waals surface area contributed by atoms with E-state index in [2.05, 4.69) is 19.1 Å². The summed E-state index contributed by atoms with van der Waals surface area (Å²) in [5.41, 5.74) is 0.920. The molecule has 0 aromatic heterocycles. The second kappa shape index (κ2) is 3.74. The quantitative estimate of drug-likeness (QED) is 0.773. The minimum absolute atomic E-state index is 0.378. The number of hydrogen-bond acceptors (Lipinski definition) is 1. The van der Waals surface area contributed by atoms with Crippen molar-refractivity contribution in [1.29, 1.82) is 0 Å². The van der Waals surface area contributed by atoms with Gasteiger partial charge in [0.2, 0.25) is 0 Å². The molecule has 1 aromatic carbocycles. The molecule has 0 unspecified atom stereocenters. The van der Waals surface area contributed by atoms with Crippen molar-refractivity contribution in [3.05, 3.63) is 35.9 Å². The van der Waals surface area contributed by atoms with Gasteiger partial charge in [0.15, 0.2) is 0 Å². The van der Waals surface area contributed by atoms with Gasteiger partial charge >= 0.3 is 0 Å². The van der Waals surface area contributed by atoms with E-state index in [-0.39, 0.29) is 5.60 Å². The summed E-state index contributed by atoms with van der Waals surface area (Å²) in [4.78, 5) is 0. The monoisotopic (exact) mass is 190 g/mol. The summed E-state index contributed by atoms with van der Waals surface area (Å²) in [6, 6.07) is 10.4. The fraction of sp³-hybridized carbons (Fsp3) is 0.538. The molecule has 2 atom stereocenters. The van der Waals surface area contributed by atoms with Gasteiger partial charge in [0.1, 0.15) is 0 Å². The zero-order valence-corrected chi connectivity index (χ0v) is 8.74. The summed E-state index contributed by atoms with van der Waals surface area (Å²) in [7, 11) is 0. The van der Waals surface area contributed by atoms with Gasteiger partial charge in [-0.2, -0.15) is 0 Å². The molecule has 0 aliphatic heterocycles. The summed E-state index contributed by atoms with van der Waals surface area (Å²) < 4.78 is 0.